The van der Waals surface area contributed by atoms with Gasteiger partial charge in [-0.2, -0.15) is 0 Å². The number of nitrogens with one attached hydrogen (secondary N) is 1. The fraction of sp³-hybridized carbons (Fsp3) is 0.500. The minimum atomic E-state index is -0.133. The first-order valence-corrected chi connectivity index (χ1v) is 11.1. The van der Waals surface area contributed by atoms with Crippen molar-refractivity contribution in [3.63, 3.8) is 0 Å². The predicted octanol–water partition coefficient (Wildman–Crippen LogP) is 2.60. The number of fused-ring (bicyclic) bond motifs is 1. The lowest BCUT2D eigenvalue weighted by atomic mass is 9.88. The van der Waals surface area contributed by atoms with Crippen molar-refractivity contribution in [2.75, 3.05) is 19.7 Å². The molecule has 164 valence electrons. The van der Waals surface area contributed by atoms with Gasteiger partial charge in [-0.3, -0.25) is 14.4 Å². The topological polar surface area (TPSA) is 92.4 Å². The normalized spacial score (nSPS) is 16.7. The molecule has 2 aromatic rings. The van der Waals surface area contributed by atoms with Gasteiger partial charge in [0.25, 0.3) is 5.56 Å². The number of ketones is 1. The SMILES string of the molecule is Cc1ccc(C(=O)C2CCN(C(=O)CCCc3nc4c(c(=O)[nH]3)COCC4)CC2)cc1. The van der Waals surface area contributed by atoms with Crippen LogP contribution in [0.5, 0.6) is 0 Å². The molecule has 1 fully saturated rings. The minimum Gasteiger partial charge on any atom is -0.376 e. The van der Waals surface area contributed by atoms with Crippen LogP contribution >= 0.6 is 0 Å². The van der Waals surface area contributed by atoms with Crippen LogP contribution < -0.4 is 5.56 Å². The second-order valence-electron chi connectivity index (χ2n) is 8.48. The number of Topliss-reactive ketones (excluding diaryl/α,β-unsaturated/α-hetero) is 1. The van der Waals surface area contributed by atoms with E-state index < -0.39 is 0 Å². The molecule has 1 aromatic carbocycles. The van der Waals surface area contributed by atoms with Gasteiger partial charge in [-0.05, 0) is 26.2 Å². The highest BCUT2D eigenvalue weighted by Crippen LogP contribution is 2.23. The average Bonchev–Trinajstić information content (AvgIpc) is 2.79. The van der Waals surface area contributed by atoms with Crippen LogP contribution in [0.4, 0.5) is 0 Å². The number of amides is 1. The number of H-pyrrole nitrogens is 1. The van der Waals surface area contributed by atoms with Crippen LogP contribution in [-0.4, -0.2) is 46.3 Å². The van der Waals surface area contributed by atoms with Crippen molar-refractivity contribution >= 4 is 11.7 Å². The monoisotopic (exact) mass is 423 g/mol. The summed E-state index contributed by atoms with van der Waals surface area (Å²) in [4.78, 5) is 46.7. The number of hydrogen-bond donors (Lipinski definition) is 1. The molecule has 0 spiro atoms. The van der Waals surface area contributed by atoms with Crippen molar-refractivity contribution in [2.45, 2.75) is 52.1 Å². The average molecular weight is 424 g/mol. The second kappa shape index (κ2) is 9.56. The molecule has 2 aliphatic rings. The van der Waals surface area contributed by atoms with Gasteiger partial charge in [0.05, 0.1) is 24.5 Å². The van der Waals surface area contributed by atoms with Gasteiger partial charge in [-0.25, -0.2) is 4.98 Å². The third kappa shape index (κ3) is 5.10. The summed E-state index contributed by atoms with van der Waals surface area (Å²) < 4.78 is 5.32. The summed E-state index contributed by atoms with van der Waals surface area (Å²) in [7, 11) is 0. The first-order chi connectivity index (χ1) is 15.0. The lowest BCUT2D eigenvalue weighted by Gasteiger charge is -2.31. The number of aryl methyl sites for hydroxylation is 2. The van der Waals surface area contributed by atoms with Gasteiger partial charge < -0.3 is 14.6 Å². The van der Waals surface area contributed by atoms with E-state index in [2.05, 4.69) is 9.97 Å². The first-order valence-electron chi connectivity index (χ1n) is 11.1. The van der Waals surface area contributed by atoms with E-state index in [0.717, 1.165) is 16.8 Å². The number of ether oxygens (including phenoxy) is 1. The lowest BCUT2D eigenvalue weighted by molar-refractivity contribution is -0.132. The van der Waals surface area contributed by atoms with Crippen LogP contribution in [0, 0.1) is 12.8 Å². The predicted molar refractivity (Wildman–Crippen MR) is 116 cm³/mol. The van der Waals surface area contributed by atoms with Crippen LogP contribution in [0.1, 0.15) is 58.7 Å². The highest BCUT2D eigenvalue weighted by Gasteiger charge is 2.27. The van der Waals surface area contributed by atoms with Gasteiger partial charge in [-0.15, -0.1) is 0 Å². The molecule has 1 amide bonds. The molecule has 7 nitrogen and oxygen atoms in total. The molecular weight excluding hydrogens is 394 g/mol. The molecule has 3 heterocycles. The Labute approximate surface area is 181 Å². The van der Waals surface area contributed by atoms with Crippen molar-refractivity contribution in [1.82, 2.24) is 14.9 Å². The number of benzene rings is 1. The fourth-order valence-corrected chi connectivity index (χ4v) is 4.32. The Bertz CT molecular complexity index is 1000. The maximum absolute atomic E-state index is 12.7. The summed E-state index contributed by atoms with van der Waals surface area (Å²) in [6.45, 7) is 4.15. The molecular formula is C24H29N3O4. The van der Waals surface area contributed by atoms with Crippen molar-refractivity contribution in [3.8, 4) is 0 Å². The zero-order valence-corrected chi connectivity index (χ0v) is 18.0. The molecule has 1 saturated heterocycles. The molecule has 2 aliphatic heterocycles. The molecule has 0 bridgehead atoms. The summed E-state index contributed by atoms with van der Waals surface area (Å²) in [5.74, 6) is 0.913. The van der Waals surface area contributed by atoms with Crippen LogP contribution in [-0.2, 0) is 29.0 Å². The quantitative estimate of drug-likeness (QED) is 0.721. The molecule has 0 atom stereocenters. The molecule has 7 heteroatoms. The van der Waals surface area contributed by atoms with Gasteiger partial charge in [0, 0.05) is 43.8 Å². The third-order valence-electron chi connectivity index (χ3n) is 6.24. The van der Waals surface area contributed by atoms with Gasteiger partial charge in [-0.1, -0.05) is 29.8 Å². The Morgan fingerprint density at radius 1 is 1.19 bits per heavy atom. The number of aromatic nitrogens is 2. The number of hydrogen-bond acceptors (Lipinski definition) is 5. The number of carbonyl (C=O) groups is 2. The van der Waals surface area contributed by atoms with E-state index in [4.69, 9.17) is 4.74 Å². The Hall–Kier alpha value is -2.80. The zero-order valence-electron chi connectivity index (χ0n) is 18.0. The number of aromatic amines is 1. The van der Waals surface area contributed by atoms with Crippen molar-refractivity contribution in [1.29, 1.82) is 0 Å². The Morgan fingerprint density at radius 3 is 2.68 bits per heavy atom. The van der Waals surface area contributed by atoms with Crippen molar-refractivity contribution < 1.29 is 14.3 Å². The number of piperidine rings is 1. The van der Waals surface area contributed by atoms with E-state index in [1.54, 1.807) is 0 Å². The molecule has 0 saturated carbocycles. The van der Waals surface area contributed by atoms with Gasteiger partial charge >= 0.3 is 0 Å². The van der Waals surface area contributed by atoms with Crippen molar-refractivity contribution in [3.05, 3.63) is 62.8 Å². The first kappa shape index (κ1) is 21.4. The Kier molecular flexibility index (Phi) is 6.61. The van der Waals surface area contributed by atoms with Gasteiger partial charge in [0.1, 0.15) is 5.82 Å². The molecule has 31 heavy (non-hydrogen) atoms. The van der Waals surface area contributed by atoms with E-state index in [1.165, 1.54) is 0 Å². The molecule has 0 aliphatic carbocycles. The highest BCUT2D eigenvalue weighted by molar-refractivity contribution is 5.98. The van der Waals surface area contributed by atoms with E-state index in [-0.39, 0.29) is 23.2 Å². The molecule has 1 aromatic heterocycles. The zero-order chi connectivity index (χ0) is 21.8. The maximum Gasteiger partial charge on any atom is 0.256 e. The number of rotatable bonds is 6. The summed E-state index contributed by atoms with van der Waals surface area (Å²) in [6.07, 6.45) is 3.69. The highest BCUT2D eigenvalue weighted by atomic mass is 16.5. The fourth-order valence-electron chi connectivity index (χ4n) is 4.32. The molecule has 0 unspecified atom stereocenters. The number of nitrogens with zero attached hydrogens (tertiary/aromatic N) is 2. The van der Waals surface area contributed by atoms with E-state index in [0.29, 0.717) is 76.2 Å². The van der Waals surface area contributed by atoms with Crippen molar-refractivity contribution in [2.24, 2.45) is 5.92 Å². The molecule has 4 rings (SSSR count). The van der Waals surface area contributed by atoms with Crippen LogP contribution in [0.15, 0.2) is 29.1 Å². The Balaban J connectivity index is 1.24. The van der Waals surface area contributed by atoms with E-state index >= 15 is 0 Å². The smallest absolute Gasteiger partial charge is 0.256 e. The van der Waals surface area contributed by atoms with Gasteiger partial charge in [0.15, 0.2) is 5.78 Å². The largest absolute Gasteiger partial charge is 0.376 e. The van der Waals surface area contributed by atoms with Crippen LogP contribution in [0.3, 0.4) is 0 Å². The Morgan fingerprint density at radius 2 is 1.94 bits per heavy atom. The maximum atomic E-state index is 12.7. The van der Waals surface area contributed by atoms with E-state index in [9.17, 15) is 14.4 Å². The summed E-state index contributed by atoms with van der Waals surface area (Å²) in [6, 6.07) is 7.71. The summed E-state index contributed by atoms with van der Waals surface area (Å²) in [5, 5.41) is 0. The molecule has 0 radical (unpaired) electrons. The summed E-state index contributed by atoms with van der Waals surface area (Å²) in [5.41, 5.74) is 3.20. The van der Waals surface area contributed by atoms with Gasteiger partial charge in [0.2, 0.25) is 5.91 Å². The summed E-state index contributed by atoms with van der Waals surface area (Å²) >= 11 is 0. The second-order valence-corrected chi connectivity index (χ2v) is 8.48. The lowest BCUT2D eigenvalue weighted by Crippen LogP contribution is -2.40. The van der Waals surface area contributed by atoms with Crippen LogP contribution in [0.2, 0.25) is 0 Å². The third-order valence-corrected chi connectivity index (χ3v) is 6.24. The number of carbonyl (C=O) groups excluding carboxylic acids is 2. The standard InChI is InChI=1S/C24H29N3O4/c1-16-5-7-17(8-6-16)23(29)18-9-12-27(13-10-18)22(28)4-2-3-21-25-20-11-14-31-15-19(20)24(30)26-21/h5-8,18H,2-4,9-15H2,1H3,(H,25,26,30). The van der Waals surface area contributed by atoms with E-state index in [1.807, 2.05) is 36.1 Å². The van der Waals surface area contributed by atoms with Crippen LogP contribution in [0.25, 0.3) is 0 Å². The minimum absolute atomic E-state index is 0.0134. The molecule has 1 N–H and O–H groups in total. The number of likely N-dealkylation sites (tertiary alicyclic amines) is 1.